The van der Waals surface area contributed by atoms with Gasteiger partial charge in [0, 0.05) is 19.1 Å². The Bertz CT molecular complexity index is 458. The number of hydrogen-bond acceptors (Lipinski definition) is 5. The van der Waals surface area contributed by atoms with Crippen LogP contribution >= 0.6 is 0 Å². The first-order valence-corrected chi connectivity index (χ1v) is 6.05. The van der Waals surface area contributed by atoms with Crippen LogP contribution in [0.3, 0.4) is 0 Å². The molecule has 0 saturated carbocycles. The zero-order valence-corrected chi connectivity index (χ0v) is 10.3. The Morgan fingerprint density at radius 3 is 3.11 bits per heavy atom. The first kappa shape index (κ1) is 12.5. The fourth-order valence-corrected chi connectivity index (χ4v) is 1.69. The molecular weight excluding hydrogens is 232 g/mol. The Balaban J connectivity index is 1.95. The number of nitrogens with one attached hydrogen (secondary N) is 2. The second kappa shape index (κ2) is 5.60. The molecule has 0 bridgehead atoms. The standard InChI is InChI=1S/C11H16N6O/c1-2-8(3-4-12)14-11(18)10-7-17(16-15-10)9-5-13-6-9/h7-9,13H,2-3,5-6H2,1H3,(H,14,18). The summed E-state index contributed by atoms with van der Waals surface area (Å²) >= 11 is 0. The van der Waals surface area contributed by atoms with E-state index in [4.69, 9.17) is 5.26 Å². The highest BCUT2D eigenvalue weighted by Gasteiger charge is 2.22. The molecule has 1 atom stereocenters. The van der Waals surface area contributed by atoms with Crippen LogP contribution in [0, 0.1) is 11.3 Å². The SMILES string of the molecule is CCC(CC#N)NC(=O)c1cn(C2CNC2)nn1. The van der Waals surface area contributed by atoms with E-state index in [1.165, 1.54) is 0 Å². The van der Waals surface area contributed by atoms with E-state index in [-0.39, 0.29) is 11.9 Å². The molecule has 7 nitrogen and oxygen atoms in total. The Labute approximate surface area is 105 Å². The van der Waals surface area contributed by atoms with Crippen molar-refractivity contribution in [3.63, 3.8) is 0 Å². The smallest absolute Gasteiger partial charge is 0.273 e. The topological polar surface area (TPSA) is 95.6 Å². The van der Waals surface area contributed by atoms with Crippen LogP contribution in [0.2, 0.25) is 0 Å². The molecule has 0 aliphatic carbocycles. The fraction of sp³-hybridized carbons (Fsp3) is 0.636. The number of nitriles is 1. The van der Waals surface area contributed by atoms with Crippen LogP contribution in [0.15, 0.2) is 6.20 Å². The van der Waals surface area contributed by atoms with E-state index in [1.807, 2.05) is 6.92 Å². The summed E-state index contributed by atoms with van der Waals surface area (Å²) in [6.45, 7) is 3.64. The molecule has 2 N–H and O–H groups in total. The zero-order chi connectivity index (χ0) is 13.0. The molecule has 1 unspecified atom stereocenters. The Morgan fingerprint density at radius 1 is 1.78 bits per heavy atom. The monoisotopic (exact) mass is 248 g/mol. The predicted molar refractivity (Wildman–Crippen MR) is 63.7 cm³/mol. The van der Waals surface area contributed by atoms with Crippen LogP contribution in [-0.2, 0) is 0 Å². The van der Waals surface area contributed by atoms with Gasteiger partial charge in [0.25, 0.3) is 5.91 Å². The van der Waals surface area contributed by atoms with E-state index in [1.54, 1.807) is 10.9 Å². The highest BCUT2D eigenvalue weighted by Crippen LogP contribution is 2.10. The minimum absolute atomic E-state index is 0.127. The number of carbonyl (C=O) groups is 1. The maximum absolute atomic E-state index is 11.9. The maximum Gasteiger partial charge on any atom is 0.273 e. The summed E-state index contributed by atoms with van der Waals surface area (Å²) in [6.07, 6.45) is 2.68. The molecule has 1 aliphatic rings. The molecule has 1 aromatic heterocycles. The largest absolute Gasteiger partial charge is 0.347 e. The molecule has 1 fully saturated rings. The lowest BCUT2D eigenvalue weighted by Crippen LogP contribution is -2.43. The quantitative estimate of drug-likeness (QED) is 0.755. The van der Waals surface area contributed by atoms with Gasteiger partial charge in [0.1, 0.15) is 0 Å². The second-order valence-electron chi connectivity index (χ2n) is 4.34. The third kappa shape index (κ3) is 2.65. The summed E-state index contributed by atoms with van der Waals surface area (Å²) in [5, 5.41) is 22.3. The van der Waals surface area contributed by atoms with Gasteiger partial charge in [0.2, 0.25) is 0 Å². The van der Waals surface area contributed by atoms with E-state index in [9.17, 15) is 4.79 Å². The summed E-state index contributed by atoms with van der Waals surface area (Å²) < 4.78 is 1.71. The molecule has 7 heteroatoms. The van der Waals surface area contributed by atoms with Crippen LogP contribution in [0.1, 0.15) is 36.3 Å². The lowest BCUT2D eigenvalue weighted by Gasteiger charge is -2.26. The molecule has 1 amide bonds. The van der Waals surface area contributed by atoms with Crippen molar-refractivity contribution in [2.24, 2.45) is 0 Å². The minimum atomic E-state index is -0.268. The first-order valence-electron chi connectivity index (χ1n) is 6.05. The van der Waals surface area contributed by atoms with Crippen molar-refractivity contribution in [2.75, 3.05) is 13.1 Å². The van der Waals surface area contributed by atoms with Crippen molar-refractivity contribution in [3.8, 4) is 6.07 Å². The molecule has 18 heavy (non-hydrogen) atoms. The van der Waals surface area contributed by atoms with Gasteiger partial charge in [-0.1, -0.05) is 12.1 Å². The van der Waals surface area contributed by atoms with Crippen LogP contribution in [0.25, 0.3) is 0 Å². The van der Waals surface area contributed by atoms with Gasteiger partial charge < -0.3 is 10.6 Å². The Hall–Kier alpha value is -1.94. The van der Waals surface area contributed by atoms with Crippen LogP contribution in [0.5, 0.6) is 0 Å². The van der Waals surface area contributed by atoms with Crippen molar-refractivity contribution in [2.45, 2.75) is 31.8 Å². The van der Waals surface area contributed by atoms with Gasteiger partial charge in [0.05, 0.1) is 24.7 Å². The number of amides is 1. The maximum atomic E-state index is 11.9. The van der Waals surface area contributed by atoms with Gasteiger partial charge in [-0.05, 0) is 6.42 Å². The third-order valence-electron chi connectivity index (χ3n) is 3.04. The van der Waals surface area contributed by atoms with E-state index in [0.29, 0.717) is 18.2 Å². The highest BCUT2D eigenvalue weighted by molar-refractivity contribution is 5.92. The van der Waals surface area contributed by atoms with Crippen LogP contribution in [0.4, 0.5) is 0 Å². The summed E-state index contributed by atoms with van der Waals surface area (Å²) in [7, 11) is 0. The van der Waals surface area contributed by atoms with Gasteiger partial charge in [-0.25, -0.2) is 4.68 Å². The minimum Gasteiger partial charge on any atom is -0.347 e. The molecule has 1 aromatic rings. The van der Waals surface area contributed by atoms with Crippen molar-refractivity contribution in [1.29, 1.82) is 5.26 Å². The molecule has 0 radical (unpaired) electrons. The lowest BCUT2D eigenvalue weighted by molar-refractivity contribution is 0.0931. The Kier molecular flexibility index (Phi) is 3.89. The average Bonchev–Trinajstić information content (AvgIpc) is 2.75. The number of nitrogens with zero attached hydrogens (tertiary/aromatic N) is 4. The molecule has 0 aromatic carbocycles. The second-order valence-corrected chi connectivity index (χ2v) is 4.34. The molecule has 1 aliphatic heterocycles. The predicted octanol–water partition coefficient (Wildman–Crippen LogP) is -0.156. The van der Waals surface area contributed by atoms with Crippen LogP contribution in [-0.4, -0.2) is 40.0 Å². The number of aromatic nitrogens is 3. The van der Waals surface area contributed by atoms with E-state index >= 15 is 0 Å². The van der Waals surface area contributed by atoms with Crippen molar-refractivity contribution in [3.05, 3.63) is 11.9 Å². The average molecular weight is 248 g/mol. The van der Waals surface area contributed by atoms with Crippen molar-refractivity contribution < 1.29 is 4.79 Å². The van der Waals surface area contributed by atoms with Gasteiger partial charge in [-0.2, -0.15) is 5.26 Å². The third-order valence-corrected chi connectivity index (χ3v) is 3.04. The van der Waals surface area contributed by atoms with Gasteiger partial charge in [0.15, 0.2) is 5.69 Å². The first-order chi connectivity index (χ1) is 8.74. The van der Waals surface area contributed by atoms with Gasteiger partial charge in [-0.15, -0.1) is 5.10 Å². The van der Waals surface area contributed by atoms with Crippen LogP contribution < -0.4 is 10.6 Å². The lowest BCUT2D eigenvalue weighted by atomic mass is 10.1. The molecule has 2 heterocycles. The number of carbonyl (C=O) groups excluding carboxylic acids is 1. The van der Waals surface area contributed by atoms with E-state index < -0.39 is 0 Å². The molecule has 2 rings (SSSR count). The van der Waals surface area contributed by atoms with Gasteiger partial charge in [-0.3, -0.25) is 4.79 Å². The van der Waals surface area contributed by atoms with Crippen molar-refractivity contribution >= 4 is 5.91 Å². The summed E-state index contributed by atoms with van der Waals surface area (Å²) in [4.78, 5) is 11.9. The molecule has 96 valence electrons. The van der Waals surface area contributed by atoms with E-state index in [0.717, 1.165) is 19.5 Å². The number of rotatable bonds is 5. The molecular formula is C11H16N6O. The summed E-state index contributed by atoms with van der Waals surface area (Å²) in [5.74, 6) is -0.268. The summed E-state index contributed by atoms with van der Waals surface area (Å²) in [5.41, 5.74) is 0.304. The van der Waals surface area contributed by atoms with E-state index in [2.05, 4.69) is 27.0 Å². The highest BCUT2D eigenvalue weighted by atomic mass is 16.2. The molecule has 1 saturated heterocycles. The van der Waals surface area contributed by atoms with Crippen molar-refractivity contribution in [1.82, 2.24) is 25.6 Å². The van der Waals surface area contributed by atoms with Gasteiger partial charge >= 0.3 is 0 Å². The number of hydrogen-bond donors (Lipinski definition) is 2. The Morgan fingerprint density at radius 2 is 2.56 bits per heavy atom. The fourth-order valence-electron chi connectivity index (χ4n) is 1.69. The zero-order valence-electron chi connectivity index (χ0n) is 10.3. The molecule has 0 spiro atoms. The summed E-state index contributed by atoms with van der Waals surface area (Å²) in [6, 6.07) is 2.22. The normalized spacial score (nSPS) is 16.7.